The first-order valence-corrected chi connectivity index (χ1v) is 3.61. The van der Waals surface area contributed by atoms with Gasteiger partial charge < -0.3 is 10.2 Å². The highest BCUT2D eigenvalue weighted by molar-refractivity contribution is 5.07. The predicted molar refractivity (Wildman–Crippen MR) is 39.9 cm³/mol. The second-order valence-electron chi connectivity index (χ2n) is 2.37. The lowest BCUT2D eigenvalue weighted by Crippen LogP contribution is -1.88. The molecule has 0 aliphatic heterocycles. The summed E-state index contributed by atoms with van der Waals surface area (Å²) < 4.78 is 0. The van der Waals surface area contributed by atoms with Crippen molar-refractivity contribution in [2.24, 2.45) is 0 Å². The predicted octanol–water partition coefficient (Wildman–Crippen LogP) is -0.173. The first-order chi connectivity index (χ1) is 5.36. The standard InChI is InChI=1S/C7H12N2O2/c10-3-1-2-6-4-7(5-11)9-8-6/h4,10-11H,1-3,5H2,(H,8,9). The molecule has 0 bridgehead atoms. The van der Waals surface area contributed by atoms with Crippen molar-refractivity contribution >= 4 is 0 Å². The van der Waals surface area contributed by atoms with E-state index in [9.17, 15) is 0 Å². The lowest BCUT2D eigenvalue weighted by molar-refractivity contribution is 0.276. The van der Waals surface area contributed by atoms with Crippen LogP contribution in [0.2, 0.25) is 0 Å². The number of aromatic amines is 1. The third-order valence-electron chi connectivity index (χ3n) is 1.45. The minimum Gasteiger partial charge on any atom is -0.396 e. The highest BCUT2D eigenvalue weighted by Crippen LogP contribution is 2.01. The number of hydrogen-bond donors (Lipinski definition) is 3. The van der Waals surface area contributed by atoms with Crippen LogP contribution in [0, 0.1) is 0 Å². The van der Waals surface area contributed by atoms with E-state index in [0.29, 0.717) is 0 Å². The van der Waals surface area contributed by atoms with Gasteiger partial charge in [0.2, 0.25) is 0 Å². The van der Waals surface area contributed by atoms with Crippen molar-refractivity contribution in [2.45, 2.75) is 19.4 Å². The van der Waals surface area contributed by atoms with Gasteiger partial charge in [-0.2, -0.15) is 5.10 Å². The maximum atomic E-state index is 8.66. The maximum Gasteiger partial charge on any atom is 0.0847 e. The van der Waals surface area contributed by atoms with Crippen molar-refractivity contribution < 1.29 is 10.2 Å². The van der Waals surface area contributed by atoms with Gasteiger partial charge in [0.25, 0.3) is 0 Å². The van der Waals surface area contributed by atoms with Crippen molar-refractivity contribution in [3.05, 3.63) is 17.5 Å². The molecule has 0 aliphatic carbocycles. The molecule has 11 heavy (non-hydrogen) atoms. The van der Waals surface area contributed by atoms with Crippen molar-refractivity contribution in [1.82, 2.24) is 10.2 Å². The quantitative estimate of drug-likeness (QED) is 0.566. The third kappa shape index (κ3) is 2.32. The van der Waals surface area contributed by atoms with E-state index in [-0.39, 0.29) is 13.2 Å². The van der Waals surface area contributed by atoms with E-state index in [2.05, 4.69) is 10.2 Å². The molecule has 0 saturated carbocycles. The van der Waals surface area contributed by atoms with Crippen LogP contribution in [0.4, 0.5) is 0 Å². The summed E-state index contributed by atoms with van der Waals surface area (Å²) in [7, 11) is 0. The third-order valence-corrected chi connectivity index (χ3v) is 1.45. The first kappa shape index (κ1) is 8.23. The minimum atomic E-state index is -0.00781. The van der Waals surface area contributed by atoms with Gasteiger partial charge in [-0.1, -0.05) is 0 Å². The number of hydrogen-bond acceptors (Lipinski definition) is 3. The fraction of sp³-hybridized carbons (Fsp3) is 0.571. The maximum absolute atomic E-state index is 8.66. The molecule has 1 aromatic rings. The number of aryl methyl sites for hydroxylation is 1. The Hall–Kier alpha value is -0.870. The second-order valence-corrected chi connectivity index (χ2v) is 2.37. The highest BCUT2D eigenvalue weighted by Gasteiger charge is 1.98. The van der Waals surface area contributed by atoms with E-state index in [1.807, 2.05) is 0 Å². The van der Waals surface area contributed by atoms with Gasteiger partial charge in [-0.05, 0) is 18.9 Å². The SMILES string of the molecule is OCCCc1cc(CO)[nH]n1. The topological polar surface area (TPSA) is 69.1 Å². The Balaban J connectivity index is 2.44. The molecule has 0 atom stereocenters. The zero-order valence-corrected chi connectivity index (χ0v) is 6.25. The molecule has 0 fully saturated rings. The average molecular weight is 156 g/mol. The molecule has 1 rings (SSSR count). The van der Waals surface area contributed by atoms with Gasteiger partial charge >= 0.3 is 0 Å². The first-order valence-electron chi connectivity index (χ1n) is 3.61. The van der Waals surface area contributed by atoms with E-state index in [4.69, 9.17) is 10.2 Å². The highest BCUT2D eigenvalue weighted by atomic mass is 16.3. The van der Waals surface area contributed by atoms with Gasteiger partial charge in [-0.15, -0.1) is 0 Å². The number of aliphatic hydroxyl groups is 2. The van der Waals surface area contributed by atoms with Gasteiger partial charge in [-0.3, -0.25) is 5.10 Å². The summed E-state index contributed by atoms with van der Waals surface area (Å²) in [4.78, 5) is 0. The summed E-state index contributed by atoms with van der Waals surface area (Å²) >= 11 is 0. The van der Waals surface area contributed by atoms with Crippen molar-refractivity contribution in [3.63, 3.8) is 0 Å². The number of nitrogens with one attached hydrogen (secondary N) is 1. The van der Waals surface area contributed by atoms with Gasteiger partial charge in [0, 0.05) is 6.61 Å². The monoisotopic (exact) mass is 156 g/mol. The molecular weight excluding hydrogens is 144 g/mol. The van der Waals surface area contributed by atoms with Crippen molar-refractivity contribution in [2.75, 3.05) is 6.61 Å². The summed E-state index contributed by atoms with van der Waals surface area (Å²) in [5, 5.41) is 23.8. The largest absolute Gasteiger partial charge is 0.396 e. The molecule has 62 valence electrons. The Morgan fingerprint density at radius 2 is 2.27 bits per heavy atom. The molecule has 4 nitrogen and oxygen atoms in total. The van der Waals surface area contributed by atoms with Crippen LogP contribution in [0.3, 0.4) is 0 Å². The average Bonchev–Trinajstić information content (AvgIpc) is 2.48. The fourth-order valence-electron chi connectivity index (χ4n) is 0.879. The Labute approximate surface area is 64.9 Å². The number of H-pyrrole nitrogens is 1. The summed E-state index contributed by atoms with van der Waals surface area (Å²) in [6.07, 6.45) is 1.47. The summed E-state index contributed by atoms with van der Waals surface area (Å²) in [6.45, 7) is 0.174. The smallest absolute Gasteiger partial charge is 0.0847 e. The minimum absolute atomic E-state index is 0.00781. The zero-order valence-electron chi connectivity index (χ0n) is 6.25. The van der Waals surface area contributed by atoms with Crippen LogP contribution in [-0.2, 0) is 13.0 Å². The molecule has 0 aromatic carbocycles. The van der Waals surface area contributed by atoms with E-state index in [1.165, 1.54) is 0 Å². The summed E-state index contributed by atoms with van der Waals surface area (Å²) in [5.74, 6) is 0. The molecule has 1 aromatic heterocycles. The number of rotatable bonds is 4. The lowest BCUT2D eigenvalue weighted by atomic mass is 10.2. The van der Waals surface area contributed by atoms with Crippen LogP contribution in [0.1, 0.15) is 17.8 Å². The Kier molecular flexibility index (Phi) is 3.07. The van der Waals surface area contributed by atoms with Gasteiger partial charge in [0.15, 0.2) is 0 Å². The second kappa shape index (κ2) is 4.10. The van der Waals surface area contributed by atoms with Crippen LogP contribution in [0.5, 0.6) is 0 Å². The zero-order chi connectivity index (χ0) is 8.10. The Bertz CT molecular complexity index is 210. The van der Waals surface area contributed by atoms with Gasteiger partial charge in [0.1, 0.15) is 0 Å². The normalized spacial score (nSPS) is 10.4. The molecule has 3 N–H and O–H groups in total. The fourth-order valence-corrected chi connectivity index (χ4v) is 0.879. The lowest BCUT2D eigenvalue weighted by Gasteiger charge is -1.89. The van der Waals surface area contributed by atoms with Crippen LogP contribution >= 0.6 is 0 Å². The number of nitrogens with zero attached hydrogens (tertiary/aromatic N) is 1. The molecule has 0 saturated heterocycles. The van der Waals surface area contributed by atoms with Crippen LogP contribution < -0.4 is 0 Å². The van der Waals surface area contributed by atoms with E-state index in [1.54, 1.807) is 6.07 Å². The van der Waals surface area contributed by atoms with E-state index in [0.717, 1.165) is 24.2 Å². The molecule has 1 heterocycles. The van der Waals surface area contributed by atoms with Crippen molar-refractivity contribution in [1.29, 1.82) is 0 Å². The number of aliphatic hydroxyl groups excluding tert-OH is 2. The Morgan fingerprint density at radius 3 is 2.82 bits per heavy atom. The molecule has 0 aliphatic rings. The van der Waals surface area contributed by atoms with Crippen LogP contribution in [-0.4, -0.2) is 27.0 Å². The molecule has 0 unspecified atom stereocenters. The van der Waals surface area contributed by atoms with Gasteiger partial charge in [-0.25, -0.2) is 0 Å². The molecule has 0 spiro atoms. The van der Waals surface area contributed by atoms with E-state index < -0.39 is 0 Å². The van der Waals surface area contributed by atoms with E-state index >= 15 is 0 Å². The molecule has 0 amide bonds. The van der Waals surface area contributed by atoms with Crippen molar-refractivity contribution in [3.8, 4) is 0 Å². The molecule has 0 radical (unpaired) electrons. The Morgan fingerprint density at radius 1 is 1.45 bits per heavy atom. The summed E-state index contributed by atoms with van der Waals surface area (Å²) in [6, 6.07) is 1.80. The van der Waals surface area contributed by atoms with Crippen LogP contribution in [0.15, 0.2) is 6.07 Å². The van der Waals surface area contributed by atoms with Crippen LogP contribution in [0.25, 0.3) is 0 Å². The molecule has 4 heteroatoms. The van der Waals surface area contributed by atoms with Gasteiger partial charge in [0.05, 0.1) is 18.0 Å². The molecular formula is C7H12N2O2. The summed E-state index contributed by atoms with van der Waals surface area (Å²) in [5.41, 5.74) is 1.61. The number of aromatic nitrogens is 2.